The van der Waals surface area contributed by atoms with Crippen LogP contribution in [-0.4, -0.2) is 25.2 Å². The van der Waals surface area contributed by atoms with Crippen molar-refractivity contribution in [1.82, 2.24) is 0 Å². The van der Waals surface area contributed by atoms with Crippen LogP contribution < -0.4 is 4.90 Å². The van der Waals surface area contributed by atoms with Crippen LogP contribution in [-0.2, 0) is 4.79 Å². The number of fused-ring (bicyclic) bond motifs is 1. The molecule has 1 aliphatic heterocycles. The molecule has 0 radical (unpaired) electrons. The van der Waals surface area contributed by atoms with E-state index in [4.69, 9.17) is 0 Å². The van der Waals surface area contributed by atoms with Crippen molar-refractivity contribution in [1.29, 1.82) is 0 Å². The SMILES string of the molecule is Cc1ccc2c(c1)C(=O)C(C)(C(F)F)C(=O)N2C. The Hall–Kier alpha value is -1.78. The lowest BCUT2D eigenvalue weighted by atomic mass is 9.77. The van der Waals surface area contributed by atoms with Crippen LogP contribution >= 0.6 is 0 Å². The van der Waals surface area contributed by atoms with Crippen LogP contribution in [0.15, 0.2) is 18.2 Å². The molecule has 0 saturated heterocycles. The molecule has 0 spiro atoms. The number of halogens is 2. The lowest BCUT2D eigenvalue weighted by Gasteiger charge is -2.36. The summed E-state index contributed by atoms with van der Waals surface area (Å²) in [6.45, 7) is 2.77. The number of carbonyl (C=O) groups excluding carboxylic acids is 2. The first-order valence-corrected chi connectivity index (χ1v) is 5.52. The molecule has 1 aromatic rings. The minimum Gasteiger partial charge on any atom is -0.314 e. The summed E-state index contributed by atoms with van der Waals surface area (Å²) in [7, 11) is 1.41. The highest BCUT2D eigenvalue weighted by Gasteiger charge is 2.54. The number of anilines is 1. The molecule has 1 amide bonds. The molecule has 3 nitrogen and oxygen atoms in total. The van der Waals surface area contributed by atoms with E-state index >= 15 is 0 Å². The molecule has 1 atom stereocenters. The average molecular weight is 253 g/mol. The van der Waals surface area contributed by atoms with Crippen LogP contribution in [0.1, 0.15) is 22.8 Å². The second-order valence-corrected chi connectivity index (χ2v) is 4.72. The summed E-state index contributed by atoms with van der Waals surface area (Å²) in [5, 5.41) is 0. The molecule has 18 heavy (non-hydrogen) atoms. The number of amides is 1. The van der Waals surface area contributed by atoms with Gasteiger partial charge in [-0.15, -0.1) is 0 Å². The largest absolute Gasteiger partial charge is 0.314 e. The van der Waals surface area contributed by atoms with Gasteiger partial charge in [0.2, 0.25) is 5.91 Å². The van der Waals surface area contributed by atoms with Gasteiger partial charge in [0.05, 0.1) is 5.69 Å². The number of hydrogen-bond donors (Lipinski definition) is 0. The van der Waals surface area contributed by atoms with Gasteiger partial charge in [0.15, 0.2) is 11.2 Å². The molecular weight excluding hydrogens is 240 g/mol. The highest BCUT2D eigenvalue weighted by molar-refractivity contribution is 6.24. The van der Waals surface area contributed by atoms with Gasteiger partial charge < -0.3 is 4.90 Å². The predicted molar refractivity (Wildman–Crippen MR) is 63.0 cm³/mol. The van der Waals surface area contributed by atoms with Gasteiger partial charge in [-0.3, -0.25) is 9.59 Å². The summed E-state index contributed by atoms with van der Waals surface area (Å²) in [6, 6.07) is 4.88. The number of rotatable bonds is 1. The maximum atomic E-state index is 13.1. The molecule has 0 N–H and O–H groups in total. The maximum absolute atomic E-state index is 13.1. The Kier molecular flexibility index (Phi) is 2.72. The van der Waals surface area contributed by atoms with E-state index in [0.717, 1.165) is 17.4 Å². The fourth-order valence-electron chi connectivity index (χ4n) is 2.15. The van der Waals surface area contributed by atoms with Gasteiger partial charge >= 0.3 is 0 Å². The van der Waals surface area contributed by atoms with E-state index in [-0.39, 0.29) is 5.56 Å². The van der Waals surface area contributed by atoms with Crippen LogP contribution in [0.25, 0.3) is 0 Å². The van der Waals surface area contributed by atoms with Crippen LogP contribution in [0.5, 0.6) is 0 Å². The number of nitrogens with zero attached hydrogens (tertiary/aromatic N) is 1. The van der Waals surface area contributed by atoms with Crippen molar-refractivity contribution in [2.75, 3.05) is 11.9 Å². The maximum Gasteiger partial charge on any atom is 0.260 e. The summed E-state index contributed by atoms with van der Waals surface area (Å²) in [5.41, 5.74) is -0.926. The van der Waals surface area contributed by atoms with Crippen LogP contribution in [0.2, 0.25) is 0 Å². The molecule has 96 valence electrons. The highest BCUT2D eigenvalue weighted by Crippen LogP contribution is 2.40. The van der Waals surface area contributed by atoms with Crippen molar-refractivity contribution in [3.05, 3.63) is 29.3 Å². The molecule has 1 aliphatic rings. The summed E-state index contributed by atoms with van der Waals surface area (Å²) in [5.74, 6) is -1.67. The predicted octanol–water partition coefficient (Wildman–Crippen LogP) is 2.43. The van der Waals surface area contributed by atoms with E-state index in [9.17, 15) is 18.4 Å². The molecule has 5 heteroatoms. The first-order chi connectivity index (χ1) is 8.30. The Labute approximate surface area is 103 Å². The molecule has 0 saturated carbocycles. The van der Waals surface area contributed by atoms with Crippen LogP contribution in [0, 0.1) is 12.3 Å². The van der Waals surface area contributed by atoms with Gasteiger partial charge in [0.25, 0.3) is 6.43 Å². The Morgan fingerprint density at radius 3 is 2.44 bits per heavy atom. The molecule has 1 aromatic carbocycles. The Morgan fingerprint density at radius 1 is 1.28 bits per heavy atom. The van der Waals surface area contributed by atoms with Gasteiger partial charge in [-0.1, -0.05) is 11.6 Å². The Bertz CT molecular complexity index is 542. The molecule has 0 fully saturated rings. The normalized spacial score (nSPS) is 23.6. The molecular formula is C13H13F2NO2. The minimum absolute atomic E-state index is 0.180. The Morgan fingerprint density at radius 2 is 1.89 bits per heavy atom. The summed E-state index contributed by atoms with van der Waals surface area (Å²) >= 11 is 0. The second-order valence-electron chi connectivity index (χ2n) is 4.72. The van der Waals surface area contributed by atoms with Crippen molar-refractivity contribution in [3.8, 4) is 0 Å². The number of hydrogen-bond acceptors (Lipinski definition) is 2. The molecule has 1 unspecified atom stereocenters. The van der Waals surface area contributed by atoms with E-state index in [2.05, 4.69) is 0 Å². The topological polar surface area (TPSA) is 37.4 Å². The number of benzene rings is 1. The zero-order chi connectivity index (χ0) is 13.7. The summed E-state index contributed by atoms with van der Waals surface area (Å²) < 4.78 is 26.2. The van der Waals surface area contributed by atoms with Crippen molar-refractivity contribution < 1.29 is 18.4 Å². The number of Topliss-reactive ketones (excluding diaryl/α,β-unsaturated/α-hetero) is 1. The molecule has 0 aliphatic carbocycles. The fourth-order valence-corrected chi connectivity index (χ4v) is 2.15. The molecule has 2 rings (SSSR count). The van der Waals surface area contributed by atoms with Gasteiger partial charge in [-0.2, -0.15) is 0 Å². The van der Waals surface area contributed by atoms with E-state index in [0.29, 0.717) is 5.69 Å². The molecule has 0 bridgehead atoms. The Balaban J connectivity index is 2.69. The van der Waals surface area contributed by atoms with Gasteiger partial charge in [0, 0.05) is 12.6 Å². The van der Waals surface area contributed by atoms with Gasteiger partial charge in [0.1, 0.15) is 0 Å². The van der Waals surface area contributed by atoms with E-state index in [1.54, 1.807) is 25.1 Å². The van der Waals surface area contributed by atoms with Crippen molar-refractivity contribution in [2.45, 2.75) is 20.3 Å². The zero-order valence-electron chi connectivity index (χ0n) is 10.3. The van der Waals surface area contributed by atoms with Crippen LogP contribution in [0.4, 0.5) is 14.5 Å². The zero-order valence-corrected chi connectivity index (χ0v) is 10.3. The number of aryl methyl sites for hydroxylation is 1. The summed E-state index contributed by atoms with van der Waals surface area (Å²) in [4.78, 5) is 25.3. The fraction of sp³-hybridized carbons (Fsp3) is 0.385. The van der Waals surface area contributed by atoms with E-state index < -0.39 is 23.5 Å². The number of alkyl halides is 2. The van der Waals surface area contributed by atoms with Crippen LogP contribution in [0.3, 0.4) is 0 Å². The number of ketones is 1. The monoisotopic (exact) mass is 253 g/mol. The van der Waals surface area contributed by atoms with E-state index in [1.165, 1.54) is 7.05 Å². The standard InChI is InChI=1S/C13H13F2NO2/c1-7-4-5-9-8(6-7)10(17)13(2,11(14)15)12(18)16(9)3/h4-6,11H,1-3H3. The van der Waals surface area contributed by atoms with Gasteiger partial charge in [-0.05, 0) is 26.0 Å². The first kappa shape index (κ1) is 12.7. The van der Waals surface area contributed by atoms with E-state index in [1.807, 2.05) is 0 Å². The minimum atomic E-state index is -3.02. The third-order valence-corrected chi connectivity index (χ3v) is 3.42. The summed E-state index contributed by atoms with van der Waals surface area (Å²) in [6.07, 6.45) is -3.02. The van der Waals surface area contributed by atoms with Crippen molar-refractivity contribution >= 4 is 17.4 Å². The van der Waals surface area contributed by atoms with Gasteiger partial charge in [-0.25, -0.2) is 8.78 Å². The lowest BCUT2D eigenvalue weighted by molar-refractivity contribution is -0.132. The number of carbonyl (C=O) groups is 2. The lowest BCUT2D eigenvalue weighted by Crippen LogP contribution is -2.53. The van der Waals surface area contributed by atoms with Crippen molar-refractivity contribution in [2.24, 2.45) is 5.41 Å². The third-order valence-electron chi connectivity index (χ3n) is 3.42. The first-order valence-electron chi connectivity index (χ1n) is 5.52. The smallest absolute Gasteiger partial charge is 0.260 e. The van der Waals surface area contributed by atoms with Crippen molar-refractivity contribution in [3.63, 3.8) is 0 Å². The molecule has 0 aromatic heterocycles. The second kappa shape index (κ2) is 3.86. The average Bonchev–Trinajstić information content (AvgIpc) is 2.33. The quantitative estimate of drug-likeness (QED) is 0.721. The highest BCUT2D eigenvalue weighted by atomic mass is 19.3. The molecule has 1 heterocycles. The third kappa shape index (κ3) is 1.46.